The number of rotatable bonds is 6. The van der Waals surface area contributed by atoms with Gasteiger partial charge in [-0.25, -0.2) is 0 Å². The van der Waals surface area contributed by atoms with E-state index in [9.17, 15) is 4.79 Å². The van der Waals surface area contributed by atoms with Gasteiger partial charge in [-0.1, -0.05) is 28.1 Å². The lowest BCUT2D eigenvalue weighted by Crippen LogP contribution is -2.02. The van der Waals surface area contributed by atoms with Gasteiger partial charge in [-0.15, -0.1) is 0 Å². The highest BCUT2D eigenvalue weighted by Gasteiger charge is 2.06. The van der Waals surface area contributed by atoms with Crippen molar-refractivity contribution in [2.24, 2.45) is 0 Å². The van der Waals surface area contributed by atoms with E-state index in [-0.39, 0.29) is 5.78 Å². The van der Waals surface area contributed by atoms with Gasteiger partial charge in [0.2, 0.25) is 0 Å². The zero-order chi connectivity index (χ0) is 11.1. The summed E-state index contributed by atoms with van der Waals surface area (Å²) in [6.07, 6.45) is 2.08. The molecule has 2 nitrogen and oxygen atoms in total. The first-order valence-electron chi connectivity index (χ1n) is 5.04. The summed E-state index contributed by atoms with van der Waals surface area (Å²) in [5.41, 5.74) is 0.663. The number of hydrogen-bond acceptors (Lipinski definition) is 2. The smallest absolute Gasteiger partial charge is 0.163 e. The molecule has 3 heteroatoms. The predicted molar refractivity (Wildman–Crippen MR) is 65.0 cm³/mol. The molecule has 1 aromatic carbocycles. The van der Waals surface area contributed by atoms with Crippen LogP contribution < -0.4 is 4.74 Å². The third kappa shape index (κ3) is 4.04. The zero-order valence-electron chi connectivity index (χ0n) is 8.83. The number of hydrogen-bond donors (Lipinski definition) is 0. The highest BCUT2D eigenvalue weighted by molar-refractivity contribution is 9.09. The summed E-state index contributed by atoms with van der Waals surface area (Å²) in [6, 6.07) is 7.36. The van der Waals surface area contributed by atoms with Crippen molar-refractivity contribution in [3.8, 4) is 5.75 Å². The summed E-state index contributed by atoms with van der Waals surface area (Å²) in [7, 11) is 0. The Morgan fingerprint density at radius 2 is 2.07 bits per heavy atom. The van der Waals surface area contributed by atoms with Gasteiger partial charge in [0, 0.05) is 5.33 Å². The number of Topliss-reactive ketones (excluding diaryl/α,β-unsaturated/α-hetero) is 1. The quantitative estimate of drug-likeness (QED) is 0.450. The fraction of sp³-hybridized carbons (Fsp3) is 0.417. The second-order valence-corrected chi connectivity index (χ2v) is 4.09. The Labute approximate surface area is 98.8 Å². The molecule has 0 bridgehead atoms. The SMILES string of the molecule is CC(=O)c1ccccc1OCCCCBr. The van der Waals surface area contributed by atoms with E-state index < -0.39 is 0 Å². The fourth-order valence-corrected chi connectivity index (χ4v) is 1.66. The van der Waals surface area contributed by atoms with Crippen molar-refractivity contribution in [1.82, 2.24) is 0 Å². The number of alkyl halides is 1. The number of carbonyl (C=O) groups is 1. The highest BCUT2D eigenvalue weighted by atomic mass is 79.9. The van der Waals surface area contributed by atoms with Crippen LogP contribution in [0.25, 0.3) is 0 Å². The summed E-state index contributed by atoms with van der Waals surface area (Å²) in [4.78, 5) is 11.3. The van der Waals surface area contributed by atoms with E-state index in [0.717, 1.165) is 18.2 Å². The average Bonchev–Trinajstić information content (AvgIpc) is 2.25. The Bertz CT molecular complexity index is 323. The van der Waals surface area contributed by atoms with Crippen molar-refractivity contribution in [2.45, 2.75) is 19.8 Å². The second-order valence-electron chi connectivity index (χ2n) is 3.30. The van der Waals surface area contributed by atoms with Crippen molar-refractivity contribution in [3.05, 3.63) is 29.8 Å². The maximum Gasteiger partial charge on any atom is 0.163 e. The van der Waals surface area contributed by atoms with E-state index in [1.54, 1.807) is 13.0 Å². The standard InChI is InChI=1S/C12H15BrO2/c1-10(14)11-6-2-3-7-12(11)15-9-5-4-8-13/h2-3,6-7H,4-5,8-9H2,1H3. The zero-order valence-corrected chi connectivity index (χ0v) is 10.4. The summed E-state index contributed by atoms with van der Waals surface area (Å²) in [5.74, 6) is 0.741. The van der Waals surface area contributed by atoms with Crippen LogP contribution in [0.2, 0.25) is 0 Å². The number of halogens is 1. The lowest BCUT2D eigenvalue weighted by molar-refractivity contribution is 0.101. The molecule has 0 amide bonds. The normalized spacial score (nSPS) is 10.0. The molecule has 82 valence electrons. The molecule has 0 aromatic heterocycles. The maximum absolute atomic E-state index is 11.3. The summed E-state index contributed by atoms with van der Waals surface area (Å²) >= 11 is 3.36. The van der Waals surface area contributed by atoms with E-state index in [1.165, 1.54) is 0 Å². The molecule has 0 fully saturated rings. The number of para-hydroxylation sites is 1. The molecule has 0 heterocycles. The van der Waals surface area contributed by atoms with Gasteiger partial charge in [0.15, 0.2) is 5.78 Å². The van der Waals surface area contributed by atoms with Crippen molar-refractivity contribution in [1.29, 1.82) is 0 Å². The molecule has 0 spiro atoms. The highest BCUT2D eigenvalue weighted by Crippen LogP contribution is 2.18. The predicted octanol–water partition coefficient (Wildman–Crippen LogP) is 3.44. The van der Waals surface area contributed by atoms with Crippen LogP contribution >= 0.6 is 15.9 Å². The van der Waals surface area contributed by atoms with Crippen molar-refractivity contribution < 1.29 is 9.53 Å². The van der Waals surface area contributed by atoms with Gasteiger partial charge in [0.1, 0.15) is 5.75 Å². The fourth-order valence-electron chi connectivity index (χ4n) is 1.26. The van der Waals surface area contributed by atoms with Crippen LogP contribution in [0.1, 0.15) is 30.1 Å². The van der Waals surface area contributed by atoms with E-state index in [1.807, 2.05) is 18.2 Å². The topological polar surface area (TPSA) is 26.3 Å². The van der Waals surface area contributed by atoms with Gasteiger partial charge in [0.25, 0.3) is 0 Å². The molecule has 0 aliphatic carbocycles. The minimum absolute atomic E-state index is 0.0473. The van der Waals surface area contributed by atoms with Crippen LogP contribution in [-0.4, -0.2) is 17.7 Å². The third-order valence-electron chi connectivity index (χ3n) is 2.05. The van der Waals surface area contributed by atoms with E-state index >= 15 is 0 Å². The molecule has 0 saturated heterocycles. The molecule has 15 heavy (non-hydrogen) atoms. The van der Waals surface area contributed by atoms with E-state index in [2.05, 4.69) is 15.9 Å². The van der Waals surface area contributed by atoms with Gasteiger partial charge < -0.3 is 4.74 Å². The number of carbonyl (C=O) groups excluding carboxylic acids is 1. The number of ketones is 1. The molecule has 1 rings (SSSR count). The van der Waals surface area contributed by atoms with Crippen LogP contribution in [0.5, 0.6) is 5.75 Å². The largest absolute Gasteiger partial charge is 0.493 e. The molecule has 0 saturated carbocycles. The Hall–Kier alpha value is -0.830. The minimum Gasteiger partial charge on any atom is -0.493 e. The van der Waals surface area contributed by atoms with Crippen LogP contribution in [-0.2, 0) is 0 Å². The first-order valence-corrected chi connectivity index (χ1v) is 6.16. The minimum atomic E-state index is 0.0473. The lowest BCUT2D eigenvalue weighted by Gasteiger charge is -2.08. The van der Waals surface area contributed by atoms with Crippen LogP contribution in [0.15, 0.2) is 24.3 Å². The van der Waals surface area contributed by atoms with E-state index in [0.29, 0.717) is 17.9 Å². The van der Waals surface area contributed by atoms with Gasteiger partial charge in [-0.05, 0) is 31.9 Å². The van der Waals surface area contributed by atoms with Crippen LogP contribution in [0, 0.1) is 0 Å². The number of unbranched alkanes of at least 4 members (excludes halogenated alkanes) is 1. The molecule has 0 unspecified atom stereocenters. The van der Waals surface area contributed by atoms with Crippen LogP contribution in [0.3, 0.4) is 0 Å². The molecule has 1 aromatic rings. The third-order valence-corrected chi connectivity index (χ3v) is 2.61. The summed E-state index contributed by atoms with van der Waals surface area (Å²) in [5, 5.41) is 0.991. The molecule has 0 atom stereocenters. The average molecular weight is 271 g/mol. The van der Waals surface area contributed by atoms with E-state index in [4.69, 9.17) is 4.74 Å². The Balaban J connectivity index is 2.56. The van der Waals surface area contributed by atoms with Gasteiger partial charge in [0.05, 0.1) is 12.2 Å². The molecule has 0 aliphatic heterocycles. The summed E-state index contributed by atoms with van der Waals surface area (Å²) < 4.78 is 5.56. The number of ether oxygens (including phenoxy) is 1. The first kappa shape index (κ1) is 12.2. The molecule has 0 radical (unpaired) electrons. The maximum atomic E-state index is 11.3. The monoisotopic (exact) mass is 270 g/mol. The molecular formula is C12H15BrO2. The Kier molecular flexibility index (Phi) is 5.40. The Morgan fingerprint density at radius 3 is 2.73 bits per heavy atom. The first-order chi connectivity index (χ1) is 7.25. The van der Waals surface area contributed by atoms with Gasteiger partial charge >= 0.3 is 0 Å². The Morgan fingerprint density at radius 1 is 1.33 bits per heavy atom. The molecule has 0 aliphatic rings. The van der Waals surface area contributed by atoms with Crippen LogP contribution in [0.4, 0.5) is 0 Å². The van der Waals surface area contributed by atoms with Crippen molar-refractivity contribution >= 4 is 21.7 Å². The number of benzene rings is 1. The van der Waals surface area contributed by atoms with Crippen molar-refractivity contribution in [2.75, 3.05) is 11.9 Å². The van der Waals surface area contributed by atoms with Crippen molar-refractivity contribution in [3.63, 3.8) is 0 Å². The van der Waals surface area contributed by atoms with Gasteiger partial charge in [-0.2, -0.15) is 0 Å². The van der Waals surface area contributed by atoms with Gasteiger partial charge in [-0.3, -0.25) is 4.79 Å². The second kappa shape index (κ2) is 6.62. The lowest BCUT2D eigenvalue weighted by atomic mass is 10.1. The molecular weight excluding hydrogens is 256 g/mol. The summed E-state index contributed by atoms with van der Waals surface area (Å²) in [6.45, 7) is 2.22. The molecule has 0 N–H and O–H groups in total.